The standard InChI is InChI=1S/C27H28N4O/c1-17-5-9-21(10-6-17)22-13-14-30(16-22)27(32)24-15-19(3)28-26-25(24)20(4)29-31(26)23-11-7-18(2)8-12-23/h5-12,15,22H,13-14,16H2,1-4H3. The summed E-state index contributed by atoms with van der Waals surface area (Å²) in [7, 11) is 0. The Bertz CT molecular complexity index is 1300. The van der Waals surface area contributed by atoms with Crippen LogP contribution in [0.4, 0.5) is 0 Å². The summed E-state index contributed by atoms with van der Waals surface area (Å²) < 4.78 is 1.85. The lowest BCUT2D eigenvalue weighted by molar-refractivity contribution is 0.0792. The van der Waals surface area contributed by atoms with Crippen molar-refractivity contribution in [2.24, 2.45) is 0 Å². The highest BCUT2D eigenvalue weighted by molar-refractivity contribution is 6.07. The van der Waals surface area contributed by atoms with Crippen LogP contribution in [0.25, 0.3) is 16.7 Å². The Kier molecular flexibility index (Phi) is 5.04. The summed E-state index contributed by atoms with van der Waals surface area (Å²) in [6, 6.07) is 18.8. The van der Waals surface area contributed by atoms with Crippen molar-refractivity contribution in [3.8, 4) is 5.69 Å². The van der Waals surface area contributed by atoms with Gasteiger partial charge < -0.3 is 4.90 Å². The molecule has 2 aromatic carbocycles. The van der Waals surface area contributed by atoms with Gasteiger partial charge in [0.05, 0.1) is 22.3 Å². The highest BCUT2D eigenvalue weighted by atomic mass is 16.2. The fourth-order valence-corrected chi connectivity index (χ4v) is 4.67. The molecule has 5 rings (SSSR count). The van der Waals surface area contributed by atoms with Gasteiger partial charge in [-0.25, -0.2) is 9.67 Å². The zero-order valence-corrected chi connectivity index (χ0v) is 19.1. The number of carbonyl (C=O) groups excluding carboxylic acids is 1. The second-order valence-corrected chi connectivity index (χ2v) is 8.99. The first-order valence-corrected chi connectivity index (χ1v) is 11.2. The topological polar surface area (TPSA) is 51.0 Å². The number of likely N-dealkylation sites (tertiary alicyclic amines) is 1. The summed E-state index contributed by atoms with van der Waals surface area (Å²) in [5.41, 5.74) is 7.80. The second-order valence-electron chi connectivity index (χ2n) is 8.99. The summed E-state index contributed by atoms with van der Waals surface area (Å²) in [5.74, 6) is 0.455. The molecule has 1 fully saturated rings. The first-order valence-electron chi connectivity index (χ1n) is 11.2. The fraction of sp³-hybridized carbons (Fsp3) is 0.296. The van der Waals surface area contributed by atoms with Gasteiger partial charge in [-0.1, -0.05) is 47.5 Å². The van der Waals surface area contributed by atoms with Crippen LogP contribution in [0, 0.1) is 27.7 Å². The molecule has 1 saturated heterocycles. The summed E-state index contributed by atoms with van der Waals surface area (Å²) in [5, 5.41) is 5.60. The van der Waals surface area contributed by atoms with E-state index in [9.17, 15) is 4.79 Å². The molecule has 0 spiro atoms. The van der Waals surface area contributed by atoms with Crippen LogP contribution < -0.4 is 0 Å². The number of rotatable bonds is 3. The first-order chi connectivity index (χ1) is 15.4. The average Bonchev–Trinajstić information content (AvgIpc) is 3.39. The lowest BCUT2D eigenvalue weighted by Gasteiger charge is -2.18. The van der Waals surface area contributed by atoms with Gasteiger partial charge in [-0.15, -0.1) is 0 Å². The normalized spacial score (nSPS) is 16.1. The average molecular weight is 425 g/mol. The number of pyridine rings is 1. The predicted octanol–water partition coefficient (Wildman–Crippen LogP) is 5.28. The number of aromatic nitrogens is 3. The zero-order chi connectivity index (χ0) is 22.4. The number of aryl methyl sites for hydroxylation is 4. The lowest BCUT2D eigenvalue weighted by atomic mass is 9.97. The van der Waals surface area contributed by atoms with Gasteiger partial charge in [0.2, 0.25) is 0 Å². The van der Waals surface area contributed by atoms with Crippen LogP contribution >= 0.6 is 0 Å². The van der Waals surface area contributed by atoms with Crippen LogP contribution in [-0.4, -0.2) is 38.7 Å². The number of benzene rings is 2. The van der Waals surface area contributed by atoms with Crippen molar-refractivity contribution in [2.75, 3.05) is 13.1 Å². The van der Waals surface area contributed by atoms with E-state index in [1.807, 2.05) is 41.6 Å². The van der Waals surface area contributed by atoms with E-state index >= 15 is 0 Å². The van der Waals surface area contributed by atoms with Crippen LogP contribution in [0.15, 0.2) is 54.6 Å². The maximum Gasteiger partial charge on any atom is 0.254 e. The van der Waals surface area contributed by atoms with Crippen LogP contribution in [0.3, 0.4) is 0 Å². The minimum atomic E-state index is 0.0710. The summed E-state index contributed by atoms with van der Waals surface area (Å²) in [4.78, 5) is 20.4. The molecule has 1 aliphatic heterocycles. The molecule has 0 bridgehead atoms. The molecular formula is C27H28N4O. The number of hydrogen-bond donors (Lipinski definition) is 0. The molecule has 1 unspecified atom stereocenters. The molecule has 162 valence electrons. The summed E-state index contributed by atoms with van der Waals surface area (Å²) in [6.07, 6.45) is 0.990. The van der Waals surface area contributed by atoms with Gasteiger partial charge in [0, 0.05) is 24.7 Å². The van der Waals surface area contributed by atoms with Crippen molar-refractivity contribution < 1.29 is 4.79 Å². The van der Waals surface area contributed by atoms with Crippen LogP contribution in [0.5, 0.6) is 0 Å². The minimum Gasteiger partial charge on any atom is -0.338 e. The third kappa shape index (κ3) is 3.58. The van der Waals surface area contributed by atoms with Crippen molar-refractivity contribution in [2.45, 2.75) is 40.0 Å². The van der Waals surface area contributed by atoms with E-state index in [1.54, 1.807) is 0 Å². The highest BCUT2D eigenvalue weighted by Crippen LogP contribution is 2.31. The molecular weight excluding hydrogens is 396 g/mol. The zero-order valence-electron chi connectivity index (χ0n) is 19.1. The number of nitrogens with zero attached hydrogens (tertiary/aromatic N) is 4. The number of hydrogen-bond acceptors (Lipinski definition) is 3. The molecule has 1 amide bonds. The van der Waals surface area contributed by atoms with Crippen molar-refractivity contribution in [3.63, 3.8) is 0 Å². The Labute approximate surface area is 188 Å². The quantitative estimate of drug-likeness (QED) is 0.449. The Morgan fingerprint density at radius 1 is 0.938 bits per heavy atom. The molecule has 5 nitrogen and oxygen atoms in total. The van der Waals surface area contributed by atoms with E-state index < -0.39 is 0 Å². The largest absolute Gasteiger partial charge is 0.338 e. The molecule has 5 heteroatoms. The fourth-order valence-electron chi connectivity index (χ4n) is 4.67. The number of carbonyl (C=O) groups is 1. The third-order valence-corrected chi connectivity index (χ3v) is 6.47. The van der Waals surface area contributed by atoms with Crippen molar-refractivity contribution in [3.05, 3.63) is 88.2 Å². The molecule has 0 N–H and O–H groups in total. The van der Waals surface area contributed by atoms with E-state index in [4.69, 9.17) is 10.1 Å². The molecule has 3 heterocycles. The van der Waals surface area contributed by atoms with Gasteiger partial charge >= 0.3 is 0 Å². The maximum absolute atomic E-state index is 13.6. The van der Waals surface area contributed by atoms with E-state index in [1.165, 1.54) is 16.7 Å². The molecule has 2 aromatic heterocycles. The second kappa shape index (κ2) is 7.90. The summed E-state index contributed by atoms with van der Waals surface area (Å²) in [6.45, 7) is 9.58. The monoisotopic (exact) mass is 424 g/mol. The predicted molar refractivity (Wildman–Crippen MR) is 128 cm³/mol. The van der Waals surface area contributed by atoms with E-state index in [2.05, 4.69) is 50.2 Å². The van der Waals surface area contributed by atoms with Crippen LogP contribution in [0.2, 0.25) is 0 Å². The smallest absolute Gasteiger partial charge is 0.254 e. The Morgan fingerprint density at radius 2 is 1.59 bits per heavy atom. The minimum absolute atomic E-state index is 0.0710. The molecule has 4 aromatic rings. The van der Waals surface area contributed by atoms with Gasteiger partial charge in [0.15, 0.2) is 5.65 Å². The summed E-state index contributed by atoms with van der Waals surface area (Å²) >= 11 is 0. The van der Waals surface area contributed by atoms with Crippen LogP contribution in [-0.2, 0) is 0 Å². The third-order valence-electron chi connectivity index (χ3n) is 6.47. The molecule has 32 heavy (non-hydrogen) atoms. The Morgan fingerprint density at radius 3 is 2.28 bits per heavy atom. The van der Waals surface area contributed by atoms with Crippen molar-refractivity contribution in [1.29, 1.82) is 0 Å². The Balaban J connectivity index is 1.51. The first kappa shape index (κ1) is 20.4. The van der Waals surface area contributed by atoms with Gasteiger partial charge in [-0.05, 0) is 57.9 Å². The van der Waals surface area contributed by atoms with Gasteiger partial charge in [0.1, 0.15) is 0 Å². The molecule has 1 atom stereocenters. The molecule has 0 aliphatic carbocycles. The van der Waals surface area contributed by atoms with Gasteiger partial charge in [0.25, 0.3) is 5.91 Å². The van der Waals surface area contributed by atoms with E-state index in [0.717, 1.165) is 47.6 Å². The van der Waals surface area contributed by atoms with E-state index in [0.29, 0.717) is 11.5 Å². The van der Waals surface area contributed by atoms with Crippen LogP contribution in [0.1, 0.15) is 50.8 Å². The van der Waals surface area contributed by atoms with E-state index in [-0.39, 0.29) is 5.91 Å². The number of amides is 1. The molecule has 0 saturated carbocycles. The highest BCUT2D eigenvalue weighted by Gasteiger charge is 2.30. The van der Waals surface area contributed by atoms with Crippen molar-refractivity contribution >= 4 is 16.9 Å². The molecule has 0 radical (unpaired) electrons. The number of fused-ring (bicyclic) bond motifs is 1. The van der Waals surface area contributed by atoms with Crippen molar-refractivity contribution in [1.82, 2.24) is 19.7 Å². The SMILES string of the molecule is Cc1ccc(C2CCN(C(=O)c3cc(C)nc4c3c(C)nn4-c3ccc(C)cc3)C2)cc1. The lowest BCUT2D eigenvalue weighted by Crippen LogP contribution is -2.29. The maximum atomic E-state index is 13.6. The van der Waals surface area contributed by atoms with Gasteiger partial charge in [-0.2, -0.15) is 5.10 Å². The molecule has 1 aliphatic rings. The van der Waals surface area contributed by atoms with Gasteiger partial charge in [-0.3, -0.25) is 4.79 Å². The Hall–Kier alpha value is -3.47.